The summed E-state index contributed by atoms with van der Waals surface area (Å²) in [6.07, 6.45) is 2.48. The second-order valence-corrected chi connectivity index (χ2v) is 3.52. The van der Waals surface area contributed by atoms with Crippen molar-refractivity contribution in [3.8, 4) is 0 Å². The van der Waals surface area contributed by atoms with E-state index in [-0.39, 0.29) is 21.4 Å². The Balaban J connectivity index is 5.43. The van der Waals surface area contributed by atoms with Gasteiger partial charge in [-0.25, -0.2) is 4.99 Å². The van der Waals surface area contributed by atoms with Gasteiger partial charge in [-0.1, -0.05) is 36.4 Å². The zero-order chi connectivity index (χ0) is 12.0. The molecule has 82 valence electrons. The Labute approximate surface area is 98.9 Å². The van der Waals surface area contributed by atoms with Gasteiger partial charge in [0.15, 0.2) is 0 Å². The van der Waals surface area contributed by atoms with Crippen LogP contribution in [0.1, 0.15) is 6.92 Å². The first-order valence-electron chi connectivity index (χ1n) is 3.95. The molecule has 0 aliphatic carbocycles. The molecule has 0 radical (unpaired) electrons. The highest BCUT2D eigenvalue weighted by atomic mass is 35.5. The lowest BCUT2D eigenvalue weighted by atomic mass is 10.1. The molecule has 0 aromatic carbocycles. The molecule has 0 saturated carbocycles. The van der Waals surface area contributed by atoms with Gasteiger partial charge < -0.3 is 10.8 Å². The van der Waals surface area contributed by atoms with Gasteiger partial charge in [0.1, 0.15) is 5.76 Å². The molecule has 3 nitrogen and oxygen atoms in total. The Morgan fingerprint density at radius 1 is 1.40 bits per heavy atom. The number of nitrogens with two attached hydrogens (primary N) is 1. The van der Waals surface area contributed by atoms with Crippen molar-refractivity contribution >= 4 is 29.5 Å². The molecule has 0 aliphatic rings. The van der Waals surface area contributed by atoms with E-state index >= 15 is 0 Å². The van der Waals surface area contributed by atoms with Crippen LogP contribution in [-0.2, 0) is 0 Å². The van der Waals surface area contributed by atoms with Crippen molar-refractivity contribution in [1.82, 2.24) is 0 Å². The minimum Gasteiger partial charge on any atom is -0.508 e. The normalized spacial score (nSPS) is 13.9. The van der Waals surface area contributed by atoms with Crippen molar-refractivity contribution in [2.24, 2.45) is 10.7 Å². The lowest BCUT2D eigenvalue weighted by Crippen LogP contribution is -1.95. The van der Waals surface area contributed by atoms with E-state index < -0.39 is 0 Å². The molecule has 5 heteroatoms. The lowest BCUT2D eigenvalue weighted by Gasteiger charge is -2.06. The van der Waals surface area contributed by atoms with Crippen LogP contribution in [0.5, 0.6) is 0 Å². The summed E-state index contributed by atoms with van der Waals surface area (Å²) in [5.74, 6) is -0.211. The minimum absolute atomic E-state index is 0.200. The van der Waals surface area contributed by atoms with Gasteiger partial charge in [-0.2, -0.15) is 0 Å². The Hall–Kier alpha value is -1.19. The highest BCUT2D eigenvalue weighted by Gasteiger charge is 2.10. The average molecular weight is 247 g/mol. The molecule has 0 rings (SSSR count). The van der Waals surface area contributed by atoms with Crippen LogP contribution >= 0.6 is 23.2 Å². The van der Waals surface area contributed by atoms with Gasteiger partial charge >= 0.3 is 0 Å². The number of aliphatic imine (C=N–C) groups is 1. The number of halogens is 2. The number of hydrogen-bond acceptors (Lipinski definition) is 2. The van der Waals surface area contributed by atoms with Crippen molar-refractivity contribution < 1.29 is 5.11 Å². The number of allylic oxidation sites excluding steroid dienone is 4. The SMILES string of the molecule is C=C(Cl)\C=C(Cl)/C(C(=C)O)=C(C)/N=C\N. The number of nitrogens with zero attached hydrogens (tertiary/aromatic N) is 1. The van der Waals surface area contributed by atoms with Gasteiger partial charge in [0.05, 0.1) is 22.6 Å². The van der Waals surface area contributed by atoms with Gasteiger partial charge in [0, 0.05) is 5.03 Å². The van der Waals surface area contributed by atoms with E-state index in [4.69, 9.17) is 28.9 Å². The van der Waals surface area contributed by atoms with Crippen LogP contribution in [0.2, 0.25) is 0 Å². The van der Waals surface area contributed by atoms with Crippen molar-refractivity contribution in [2.45, 2.75) is 6.92 Å². The molecule has 15 heavy (non-hydrogen) atoms. The summed E-state index contributed by atoms with van der Waals surface area (Å²) < 4.78 is 0. The number of rotatable bonds is 4. The average Bonchev–Trinajstić information content (AvgIpc) is 2.01. The third kappa shape index (κ3) is 4.72. The fourth-order valence-corrected chi connectivity index (χ4v) is 1.45. The zero-order valence-corrected chi connectivity index (χ0v) is 9.81. The topological polar surface area (TPSA) is 58.6 Å². The van der Waals surface area contributed by atoms with E-state index in [0.717, 1.165) is 6.34 Å². The van der Waals surface area contributed by atoms with Crippen LogP contribution in [-0.4, -0.2) is 11.4 Å². The second-order valence-electron chi connectivity index (χ2n) is 2.62. The highest BCUT2D eigenvalue weighted by molar-refractivity contribution is 6.35. The molecule has 0 spiro atoms. The number of aliphatic hydroxyl groups excluding tert-OH is 1. The van der Waals surface area contributed by atoms with Gasteiger partial charge in [-0.15, -0.1) is 0 Å². The van der Waals surface area contributed by atoms with Crippen molar-refractivity contribution in [2.75, 3.05) is 0 Å². The summed E-state index contributed by atoms with van der Waals surface area (Å²) in [7, 11) is 0. The largest absolute Gasteiger partial charge is 0.508 e. The summed E-state index contributed by atoms with van der Waals surface area (Å²) >= 11 is 11.4. The Morgan fingerprint density at radius 3 is 2.27 bits per heavy atom. The molecule has 0 aliphatic heterocycles. The van der Waals surface area contributed by atoms with E-state index in [0.29, 0.717) is 5.70 Å². The predicted octanol–water partition coefficient (Wildman–Crippen LogP) is 3.19. The van der Waals surface area contributed by atoms with Crippen LogP contribution in [0.15, 0.2) is 51.3 Å². The van der Waals surface area contributed by atoms with Gasteiger partial charge in [-0.05, 0) is 13.0 Å². The van der Waals surface area contributed by atoms with E-state index in [9.17, 15) is 5.11 Å². The molecular weight excluding hydrogens is 235 g/mol. The zero-order valence-electron chi connectivity index (χ0n) is 8.30. The summed E-state index contributed by atoms with van der Waals surface area (Å²) in [6.45, 7) is 8.45. The molecule has 0 atom stereocenters. The molecule has 3 N–H and O–H groups in total. The molecule has 0 aromatic rings. The number of hydrogen-bond donors (Lipinski definition) is 2. The van der Waals surface area contributed by atoms with E-state index in [1.165, 1.54) is 6.08 Å². The molecule has 0 aromatic heterocycles. The maximum absolute atomic E-state index is 9.33. The molecule has 0 unspecified atom stereocenters. The van der Waals surface area contributed by atoms with Crippen LogP contribution in [0.4, 0.5) is 0 Å². The van der Waals surface area contributed by atoms with Crippen molar-refractivity contribution in [1.29, 1.82) is 0 Å². The lowest BCUT2D eigenvalue weighted by molar-refractivity contribution is 0.427. The second kappa shape index (κ2) is 6.32. The van der Waals surface area contributed by atoms with Crippen molar-refractivity contribution in [3.63, 3.8) is 0 Å². The predicted molar refractivity (Wildman–Crippen MR) is 66.1 cm³/mol. The standard InChI is InChI=1S/C10H12Cl2N2O/c1-6(11)4-9(12)10(8(3)15)7(2)14-5-13/h4-5,15H,1,3H2,2H3,(H2,13,14)/b9-4+,10-7+. The van der Waals surface area contributed by atoms with E-state index in [1.54, 1.807) is 6.92 Å². The van der Waals surface area contributed by atoms with E-state index in [2.05, 4.69) is 18.2 Å². The Bertz CT molecular complexity index is 368. The maximum Gasteiger partial charge on any atom is 0.118 e. The minimum atomic E-state index is -0.211. The molecule has 0 heterocycles. The van der Waals surface area contributed by atoms with Crippen LogP contribution < -0.4 is 5.73 Å². The third-order valence-electron chi connectivity index (χ3n) is 1.44. The Kier molecular flexibility index (Phi) is 5.82. The Morgan fingerprint density at radius 2 is 1.93 bits per heavy atom. The quantitative estimate of drug-likeness (QED) is 0.347. The summed E-state index contributed by atoms with van der Waals surface area (Å²) in [5.41, 5.74) is 5.84. The van der Waals surface area contributed by atoms with Gasteiger partial charge in [0.2, 0.25) is 0 Å². The molecular formula is C10H12Cl2N2O. The monoisotopic (exact) mass is 246 g/mol. The van der Waals surface area contributed by atoms with Gasteiger partial charge in [-0.3, -0.25) is 0 Å². The van der Waals surface area contributed by atoms with Crippen LogP contribution in [0.3, 0.4) is 0 Å². The first kappa shape index (κ1) is 13.8. The third-order valence-corrected chi connectivity index (χ3v) is 1.85. The van der Waals surface area contributed by atoms with Gasteiger partial charge in [0.25, 0.3) is 0 Å². The molecule has 0 amide bonds. The van der Waals surface area contributed by atoms with Crippen LogP contribution in [0.25, 0.3) is 0 Å². The fourth-order valence-electron chi connectivity index (χ4n) is 0.906. The molecule has 0 saturated heterocycles. The molecule has 0 fully saturated rings. The maximum atomic E-state index is 9.33. The number of aliphatic hydroxyl groups is 1. The van der Waals surface area contributed by atoms with Crippen LogP contribution in [0, 0.1) is 0 Å². The van der Waals surface area contributed by atoms with E-state index in [1.807, 2.05) is 0 Å². The first-order chi connectivity index (χ1) is 6.90. The first-order valence-corrected chi connectivity index (χ1v) is 4.71. The highest BCUT2D eigenvalue weighted by Crippen LogP contribution is 2.26. The van der Waals surface area contributed by atoms with Crippen molar-refractivity contribution in [3.05, 3.63) is 46.3 Å². The summed E-state index contributed by atoms with van der Waals surface area (Å²) in [4.78, 5) is 3.79. The summed E-state index contributed by atoms with van der Waals surface area (Å²) in [5, 5.41) is 9.77. The smallest absolute Gasteiger partial charge is 0.118 e. The fraction of sp³-hybridized carbons (Fsp3) is 0.100. The molecule has 0 bridgehead atoms. The summed E-state index contributed by atoms with van der Waals surface area (Å²) in [6, 6.07) is 0.